The number of benzene rings is 1. The third-order valence-corrected chi connectivity index (χ3v) is 2.77. The summed E-state index contributed by atoms with van der Waals surface area (Å²) < 4.78 is 25.2. The number of urea groups is 1. The molecule has 2 saturated heterocycles. The van der Waals surface area contributed by atoms with E-state index < -0.39 is 31.3 Å². The van der Waals surface area contributed by atoms with Crippen LogP contribution in [0.2, 0.25) is 0 Å². The van der Waals surface area contributed by atoms with Crippen molar-refractivity contribution in [1.82, 2.24) is 9.96 Å². The van der Waals surface area contributed by atoms with Crippen molar-refractivity contribution in [2.24, 2.45) is 0 Å². The van der Waals surface area contributed by atoms with Gasteiger partial charge in [-0.3, -0.25) is 0 Å². The summed E-state index contributed by atoms with van der Waals surface area (Å²) in [5.74, 6) is -2.74. The van der Waals surface area contributed by atoms with Gasteiger partial charge in [-0.05, 0) is 0 Å². The molecular formula is C11H10F2N2O2. The third-order valence-electron chi connectivity index (χ3n) is 2.77. The number of hydrogen-bond donors (Lipinski definition) is 0. The maximum Gasteiger partial charge on any atom is 0.347 e. The summed E-state index contributed by atoms with van der Waals surface area (Å²) in [4.78, 5) is 17.8. The van der Waals surface area contributed by atoms with Gasteiger partial charge in [0, 0.05) is 5.56 Å². The normalized spacial score (nSPS) is 25.4. The quantitative estimate of drug-likeness (QED) is 0.704. The minimum Gasteiger partial charge on any atom is -0.311 e. The third kappa shape index (κ3) is 1.84. The Balaban J connectivity index is 1.61. The largest absolute Gasteiger partial charge is 0.347 e. The van der Waals surface area contributed by atoms with Crippen LogP contribution in [-0.2, 0) is 4.84 Å². The Morgan fingerprint density at radius 1 is 1.29 bits per heavy atom. The van der Waals surface area contributed by atoms with Crippen LogP contribution < -0.4 is 0 Å². The first-order valence-corrected chi connectivity index (χ1v) is 5.24. The fourth-order valence-corrected chi connectivity index (χ4v) is 1.83. The second-order valence-corrected chi connectivity index (χ2v) is 4.19. The topological polar surface area (TPSA) is 35.9 Å². The summed E-state index contributed by atoms with van der Waals surface area (Å²) >= 11 is 0. The lowest BCUT2D eigenvalue weighted by Gasteiger charge is -2.37. The van der Waals surface area contributed by atoms with Gasteiger partial charge in [0.15, 0.2) is 0 Å². The molecule has 6 heteroatoms. The number of hydroxylamine groups is 2. The molecule has 0 spiro atoms. The number of likely N-dealkylation sites (tertiary alicyclic amines) is 1. The number of carbonyl (C=O) groups excluding carboxylic acids is 1. The minimum absolute atomic E-state index is 0.432. The number of rotatable bonds is 1. The first kappa shape index (κ1) is 10.5. The first-order valence-electron chi connectivity index (χ1n) is 5.24. The van der Waals surface area contributed by atoms with Crippen LogP contribution in [0.25, 0.3) is 0 Å². The van der Waals surface area contributed by atoms with Crippen molar-refractivity contribution in [1.29, 1.82) is 0 Å². The molecule has 2 amide bonds. The SMILES string of the molecule is O=C(N1CC(F)(F)C1)N1OC1c1ccccc1. The van der Waals surface area contributed by atoms with Crippen LogP contribution in [0.1, 0.15) is 11.8 Å². The minimum atomic E-state index is -2.74. The zero-order valence-corrected chi connectivity index (χ0v) is 8.85. The van der Waals surface area contributed by atoms with Gasteiger partial charge in [-0.25, -0.2) is 18.4 Å². The van der Waals surface area contributed by atoms with Crippen molar-refractivity contribution in [2.75, 3.05) is 13.1 Å². The molecule has 2 fully saturated rings. The standard InChI is InChI=1S/C11H10F2N2O2/c12-11(13)6-14(7-11)10(16)15-9(17-15)8-4-2-1-3-5-8/h1-5,9H,6-7H2. The summed E-state index contributed by atoms with van der Waals surface area (Å²) in [6.45, 7) is -1.04. The highest BCUT2D eigenvalue weighted by Gasteiger charge is 2.53. The van der Waals surface area contributed by atoms with Crippen LogP contribution in [0.15, 0.2) is 30.3 Å². The molecule has 2 aliphatic heterocycles. The predicted molar refractivity (Wildman–Crippen MR) is 54.0 cm³/mol. The monoisotopic (exact) mass is 240 g/mol. The van der Waals surface area contributed by atoms with Gasteiger partial charge in [-0.15, -0.1) is 0 Å². The molecule has 1 aromatic rings. The Bertz CT molecular complexity index is 444. The van der Waals surface area contributed by atoms with Crippen LogP contribution in [0.3, 0.4) is 0 Å². The van der Waals surface area contributed by atoms with Crippen LogP contribution in [0.5, 0.6) is 0 Å². The van der Waals surface area contributed by atoms with Gasteiger partial charge >= 0.3 is 6.03 Å². The van der Waals surface area contributed by atoms with Gasteiger partial charge in [0.25, 0.3) is 5.92 Å². The molecule has 0 aromatic heterocycles. The number of halogens is 2. The van der Waals surface area contributed by atoms with Crippen molar-refractivity contribution in [3.63, 3.8) is 0 Å². The number of amides is 2. The fourth-order valence-electron chi connectivity index (χ4n) is 1.83. The van der Waals surface area contributed by atoms with Crippen molar-refractivity contribution in [2.45, 2.75) is 12.2 Å². The smallest absolute Gasteiger partial charge is 0.311 e. The van der Waals surface area contributed by atoms with E-state index in [1.54, 1.807) is 0 Å². The van der Waals surface area contributed by atoms with E-state index in [0.29, 0.717) is 0 Å². The second-order valence-electron chi connectivity index (χ2n) is 4.19. The molecule has 17 heavy (non-hydrogen) atoms. The van der Waals surface area contributed by atoms with Gasteiger partial charge in [0.1, 0.15) is 0 Å². The summed E-state index contributed by atoms with van der Waals surface area (Å²) in [5, 5.41) is 1.12. The first-order chi connectivity index (χ1) is 8.07. The molecule has 2 heterocycles. The van der Waals surface area contributed by atoms with E-state index in [9.17, 15) is 13.6 Å². The van der Waals surface area contributed by atoms with Gasteiger partial charge in [0.05, 0.1) is 13.1 Å². The van der Waals surface area contributed by atoms with Gasteiger partial charge in [-0.2, -0.15) is 5.06 Å². The maximum absolute atomic E-state index is 12.6. The average Bonchev–Trinajstić information content (AvgIpc) is 3.06. The molecule has 0 bridgehead atoms. The van der Waals surface area contributed by atoms with Crippen molar-refractivity contribution < 1.29 is 18.4 Å². The Kier molecular flexibility index (Phi) is 2.09. The molecule has 2 aliphatic rings. The van der Waals surface area contributed by atoms with Crippen LogP contribution in [0, 0.1) is 0 Å². The lowest BCUT2D eigenvalue weighted by Crippen LogP contribution is -2.59. The second kappa shape index (κ2) is 3.40. The zero-order chi connectivity index (χ0) is 12.0. The summed E-state index contributed by atoms with van der Waals surface area (Å²) in [5.41, 5.74) is 0.841. The molecule has 0 radical (unpaired) electrons. The van der Waals surface area contributed by atoms with Gasteiger partial charge in [-0.1, -0.05) is 30.3 Å². The summed E-state index contributed by atoms with van der Waals surface area (Å²) in [6, 6.07) is 8.67. The van der Waals surface area contributed by atoms with Crippen molar-refractivity contribution in [3.05, 3.63) is 35.9 Å². The highest BCUT2D eigenvalue weighted by atomic mass is 19.3. The van der Waals surface area contributed by atoms with Crippen LogP contribution >= 0.6 is 0 Å². The van der Waals surface area contributed by atoms with E-state index >= 15 is 0 Å². The van der Waals surface area contributed by atoms with Crippen molar-refractivity contribution in [3.8, 4) is 0 Å². The molecular weight excluding hydrogens is 230 g/mol. The fraction of sp³-hybridized carbons (Fsp3) is 0.364. The molecule has 1 unspecified atom stereocenters. The highest BCUT2D eigenvalue weighted by molar-refractivity contribution is 5.76. The average molecular weight is 240 g/mol. The molecule has 0 N–H and O–H groups in total. The number of alkyl halides is 2. The van der Waals surface area contributed by atoms with E-state index in [0.717, 1.165) is 15.5 Å². The maximum atomic E-state index is 12.6. The number of nitrogens with zero attached hydrogens (tertiary/aromatic N) is 2. The number of hydrogen-bond acceptors (Lipinski definition) is 2. The van der Waals surface area contributed by atoms with E-state index in [2.05, 4.69) is 0 Å². The lowest BCUT2D eigenvalue weighted by molar-refractivity contribution is -0.114. The Morgan fingerprint density at radius 2 is 1.94 bits per heavy atom. The Morgan fingerprint density at radius 3 is 2.53 bits per heavy atom. The van der Waals surface area contributed by atoms with E-state index in [-0.39, 0.29) is 0 Å². The molecule has 90 valence electrons. The van der Waals surface area contributed by atoms with Crippen LogP contribution in [-0.4, -0.2) is 35.0 Å². The Labute approximate surface area is 96.3 Å². The Hall–Kier alpha value is -1.69. The molecule has 4 nitrogen and oxygen atoms in total. The summed E-state index contributed by atoms with van der Waals surface area (Å²) in [6.07, 6.45) is -0.432. The van der Waals surface area contributed by atoms with E-state index in [1.165, 1.54) is 0 Å². The molecule has 1 aromatic carbocycles. The van der Waals surface area contributed by atoms with Crippen molar-refractivity contribution >= 4 is 6.03 Å². The van der Waals surface area contributed by atoms with E-state index in [4.69, 9.17) is 4.84 Å². The summed E-state index contributed by atoms with van der Waals surface area (Å²) in [7, 11) is 0. The highest BCUT2D eigenvalue weighted by Crippen LogP contribution is 2.39. The molecule has 1 atom stereocenters. The van der Waals surface area contributed by atoms with Gasteiger partial charge in [0.2, 0.25) is 6.23 Å². The predicted octanol–water partition coefficient (Wildman–Crippen LogP) is 2.00. The molecule has 3 rings (SSSR count). The lowest BCUT2D eigenvalue weighted by atomic mass is 10.1. The van der Waals surface area contributed by atoms with E-state index in [1.807, 2.05) is 30.3 Å². The van der Waals surface area contributed by atoms with Crippen LogP contribution in [0.4, 0.5) is 13.6 Å². The van der Waals surface area contributed by atoms with Gasteiger partial charge < -0.3 is 4.90 Å². The molecule has 0 saturated carbocycles. The zero-order valence-electron chi connectivity index (χ0n) is 8.85. The molecule has 0 aliphatic carbocycles. The number of carbonyl (C=O) groups is 1.